The van der Waals surface area contributed by atoms with Crippen molar-refractivity contribution in [2.45, 2.75) is 6.92 Å². The first-order valence-corrected chi connectivity index (χ1v) is 7.04. The van der Waals surface area contributed by atoms with Crippen molar-refractivity contribution in [1.82, 2.24) is 15.0 Å². The van der Waals surface area contributed by atoms with Crippen LogP contribution in [0.3, 0.4) is 0 Å². The second-order valence-electron chi connectivity index (χ2n) is 5.04. The highest BCUT2D eigenvalue weighted by Gasteiger charge is 2.25. The third-order valence-corrected chi connectivity index (χ3v) is 3.63. The van der Waals surface area contributed by atoms with E-state index in [0.29, 0.717) is 18.9 Å². The van der Waals surface area contributed by atoms with Crippen LogP contribution >= 0.6 is 0 Å². The summed E-state index contributed by atoms with van der Waals surface area (Å²) in [7, 11) is 0. The van der Waals surface area contributed by atoms with Crippen LogP contribution in [0.1, 0.15) is 5.82 Å². The fourth-order valence-corrected chi connectivity index (χ4v) is 2.54. The van der Waals surface area contributed by atoms with Crippen LogP contribution in [0.2, 0.25) is 0 Å². The van der Waals surface area contributed by atoms with Crippen molar-refractivity contribution in [3.63, 3.8) is 0 Å². The molecule has 1 aliphatic heterocycles. The Morgan fingerprint density at radius 2 is 1.82 bits per heavy atom. The maximum Gasteiger partial charge on any atom is 0.311 e. The van der Waals surface area contributed by atoms with Crippen LogP contribution in [0.5, 0.6) is 0 Å². The normalized spacial score (nSPS) is 15.0. The first-order chi connectivity index (χ1) is 10.6. The maximum absolute atomic E-state index is 11.1. The SMILES string of the molecule is Cc1nccc(N2CCN(c3ncccc3[N+](=O)[O-])CC2)n1. The van der Waals surface area contributed by atoms with Crippen molar-refractivity contribution in [2.75, 3.05) is 36.0 Å². The average Bonchev–Trinajstić information content (AvgIpc) is 2.55. The summed E-state index contributed by atoms with van der Waals surface area (Å²) in [6, 6.07) is 4.95. The number of nitro groups is 1. The number of anilines is 2. The van der Waals surface area contributed by atoms with Gasteiger partial charge in [-0.3, -0.25) is 10.1 Å². The van der Waals surface area contributed by atoms with Crippen LogP contribution in [0.25, 0.3) is 0 Å². The zero-order valence-corrected chi connectivity index (χ0v) is 12.2. The molecule has 0 spiro atoms. The van der Waals surface area contributed by atoms with Gasteiger partial charge in [-0.2, -0.15) is 0 Å². The topological polar surface area (TPSA) is 88.3 Å². The van der Waals surface area contributed by atoms with Gasteiger partial charge in [0.25, 0.3) is 0 Å². The van der Waals surface area contributed by atoms with Crippen molar-refractivity contribution in [3.8, 4) is 0 Å². The second kappa shape index (κ2) is 5.92. The van der Waals surface area contributed by atoms with E-state index in [1.165, 1.54) is 6.07 Å². The average molecular weight is 300 g/mol. The minimum atomic E-state index is -0.386. The Balaban J connectivity index is 1.73. The molecule has 22 heavy (non-hydrogen) atoms. The Labute approximate surface area is 127 Å². The second-order valence-corrected chi connectivity index (χ2v) is 5.04. The Hall–Kier alpha value is -2.77. The smallest absolute Gasteiger partial charge is 0.311 e. The van der Waals surface area contributed by atoms with E-state index in [9.17, 15) is 10.1 Å². The molecule has 1 fully saturated rings. The molecule has 1 saturated heterocycles. The van der Waals surface area contributed by atoms with Crippen molar-refractivity contribution in [1.29, 1.82) is 0 Å². The monoisotopic (exact) mass is 300 g/mol. The summed E-state index contributed by atoms with van der Waals surface area (Å²) < 4.78 is 0. The van der Waals surface area contributed by atoms with Crippen LogP contribution in [0.15, 0.2) is 30.6 Å². The van der Waals surface area contributed by atoms with Crippen molar-refractivity contribution in [3.05, 3.63) is 46.5 Å². The molecule has 3 heterocycles. The van der Waals surface area contributed by atoms with E-state index in [1.54, 1.807) is 18.5 Å². The first-order valence-electron chi connectivity index (χ1n) is 7.04. The predicted octanol–water partition coefficient (Wildman–Crippen LogP) is 1.41. The molecule has 114 valence electrons. The minimum absolute atomic E-state index is 0.0498. The van der Waals surface area contributed by atoms with Gasteiger partial charge in [-0.25, -0.2) is 15.0 Å². The minimum Gasteiger partial charge on any atom is -0.353 e. The van der Waals surface area contributed by atoms with Gasteiger partial charge in [0.05, 0.1) is 4.92 Å². The Morgan fingerprint density at radius 1 is 1.09 bits per heavy atom. The number of rotatable bonds is 3. The quantitative estimate of drug-likeness (QED) is 0.625. The zero-order valence-electron chi connectivity index (χ0n) is 12.2. The van der Waals surface area contributed by atoms with Gasteiger partial charge in [-0.1, -0.05) is 0 Å². The highest BCUT2D eigenvalue weighted by molar-refractivity contribution is 5.58. The van der Waals surface area contributed by atoms with Crippen molar-refractivity contribution >= 4 is 17.3 Å². The summed E-state index contributed by atoms with van der Waals surface area (Å²) >= 11 is 0. The van der Waals surface area contributed by atoms with E-state index in [2.05, 4.69) is 19.9 Å². The Kier molecular flexibility index (Phi) is 3.82. The molecule has 2 aromatic heterocycles. The van der Waals surface area contributed by atoms with Gasteiger partial charge < -0.3 is 9.80 Å². The molecule has 0 unspecified atom stereocenters. The number of nitrogens with zero attached hydrogens (tertiary/aromatic N) is 6. The van der Waals surface area contributed by atoms with Gasteiger partial charge in [-0.15, -0.1) is 0 Å². The van der Waals surface area contributed by atoms with E-state index < -0.39 is 0 Å². The van der Waals surface area contributed by atoms with Gasteiger partial charge in [0.2, 0.25) is 5.82 Å². The van der Waals surface area contributed by atoms with Gasteiger partial charge >= 0.3 is 5.69 Å². The highest BCUT2D eigenvalue weighted by Crippen LogP contribution is 2.26. The molecule has 0 N–H and O–H groups in total. The van der Waals surface area contributed by atoms with E-state index in [1.807, 2.05) is 17.9 Å². The van der Waals surface area contributed by atoms with Gasteiger partial charge in [0.1, 0.15) is 11.6 Å². The predicted molar refractivity (Wildman–Crippen MR) is 82.1 cm³/mol. The van der Waals surface area contributed by atoms with Gasteiger partial charge in [0, 0.05) is 44.6 Å². The Bertz CT molecular complexity index is 685. The molecule has 8 heteroatoms. The number of aryl methyl sites for hydroxylation is 1. The lowest BCUT2D eigenvalue weighted by molar-refractivity contribution is -0.384. The van der Waals surface area contributed by atoms with Crippen LogP contribution in [-0.2, 0) is 0 Å². The third-order valence-electron chi connectivity index (χ3n) is 3.63. The zero-order chi connectivity index (χ0) is 15.5. The Morgan fingerprint density at radius 3 is 2.50 bits per heavy atom. The number of aromatic nitrogens is 3. The molecular formula is C14H16N6O2. The molecule has 0 saturated carbocycles. The molecule has 0 bridgehead atoms. The summed E-state index contributed by atoms with van der Waals surface area (Å²) in [4.78, 5) is 27.5. The third kappa shape index (κ3) is 2.80. The lowest BCUT2D eigenvalue weighted by atomic mass is 10.3. The van der Waals surface area contributed by atoms with Crippen LogP contribution in [0, 0.1) is 17.0 Å². The van der Waals surface area contributed by atoms with E-state index in [-0.39, 0.29) is 10.6 Å². The molecule has 0 amide bonds. The summed E-state index contributed by atoms with van der Waals surface area (Å²) in [5.41, 5.74) is 0.0498. The first kappa shape index (κ1) is 14.2. The van der Waals surface area contributed by atoms with Crippen LogP contribution < -0.4 is 9.80 Å². The fraction of sp³-hybridized carbons (Fsp3) is 0.357. The summed E-state index contributed by atoms with van der Waals surface area (Å²) in [5.74, 6) is 2.06. The summed E-state index contributed by atoms with van der Waals surface area (Å²) in [5, 5.41) is 11.1. The van der Waals surface area contributed by atoms with E-state index in [4.69, 9.17) is 0 Å². The lowest BCUT2D eigenvalue weighted by Gasteiger charge is -2.35. The number of pyridine rings is 1. The van der Waals surface area contributed by atoms with Crippen molar-refractivity contribution in [2.24, 2.45) is 0 Å². The number of piperazine rings is 1. The van der Waals surface area contributed by atoms with Gasteiger partial charge in [-0.05, 0) is 19.1 Å². The standard InChI is InChI=1S/C14H16N6O2/c1-11-15-6-4-13(17-11)18-7-9-19(10-8-18)14-12(20(21)22)3-2-5-16-14/h2-6H,7-10H2,1H3. The molecule has 0 aromatic carbocycles. The number of hydrogen-bond acceptors (Lipinski definition) is 7. The molecule has 0 radical (unpaired) electrons. The highest BCUT2D eigenvalue weighted by atomic mass is 16.6. The van der Waals surface area contributed by atoms with Crippen molar-refractivity contribution < 1.29 is 4.92 Å². The lowest BCUT2D eigenvalue weighted by Crippen LogP contribution is -2.47. The van der Waals surface area contributed by atoms with Gasteiger partial charge in [0.15, 0.2) is 0 Å². The maximum atomic E-state index is 11.1. The van der Waals surface area contributed by atoms with Crippen LogP contribution in [-0.4, -0.2) is 46.1 Å². The summed E-state index contributed by atoms with van der Waals surface area (Å²) in [6.45, 7) is 4.67. The molecule has 1 aliphatic rings. The number of hydrogen-bond donors (Lipinski definition) is 0. The molecule has 3 rings (SSSR count). The molecule has 0 aliphatic carbocycles. The molecule has 8 nitrogen and oxygen atoms in total. The van der Waals surface area contributed by atoms with E-state index in [0.717, 1.165) is 24.7 Å². The summed E-state index contributed by atoms with van der Waals surface area (Å²) in [6.07, 6.45) is 3.33. The van der Waals surface area contributed by atoms with Crippen LogP contribution in [0.4, 0.5) is 17.3 Å². The van der Waals surface area contributed by atoms with E-state index >= 15 is 0 Å². The fourth-order valence-electron chi connectivity index (χ4n) is 2.54. The molecule has 2 aromatic rings. The molecular weight excluding hydrogens is 284 g/mol. The largest absolute Gasteiger partial charge is 0.353 e. The molecule has 0 atom stereocenters.